The average molecular weight is 639 g/mol. The van der Waals surface area contributed by atoms with E-state index >= 15 is 0 Å². The second-order valence-electron chi connectivity index (χ2n) is 11.2. The Morgan fingerprint density at radius 1 is 1.16 bits per heavy atom. The minimum atomic E-state index is -4.48. The number of aromatic amines is 1. The highest BCUT2D eigenvalue weighted by Crippen LogP contribution is 2.30. The van der Waals surface area contributed by atoms with E-state index in [1.807, 2.05) is 6.92 Å². The van der Waals surface area contributed by atoms with Gasteiger partial charge in [-0.2, -0.15) is 13.2 Å². The van der Waals surface area contributed by atoms with Crippen molar-refractivity contribution in [1.29, 1.82) is 0 Å². The molecule has 0 spiro atoms. The van der Waals surface area contributed by atoms with Crippen molar-refractivity contribution >= 4 is 32.4 Å². The quantitative estimate of drug-likeness (QED) is 0.0932. The maximum absolute atomic E-state index is 14.0. The van der Waals surface area contributed by atoms with Gasteiger partial charge in [0.2, 0.25) is 10.0 Å². The third-order valence-corrected chi connectivity index (χ3v) is 9.03. The maximum Gasteiger partial charge on any atom is 0.416 e. The van der Waals surface area contributed by atoms with Crippen LogP contribution in [0.3, 0.4) is 0 Å². The summed E-state index contributed by atoms with van der Waals surface area (Å²) in [5, 5.41) is 1.99. The number of ketones is 1. The number of nitrogens with two attached hydrogens (primary N) is 2. The van der Waals surface area contributed by atoms with Crippen molar-refractivity contribution in [1.82, 2.24) is 19.6 Å². The molecule has 0 atom stereocenters. The van der Waals surface area contributed by atoms with Crippen molar-refractivity contribution in [3.8, 4) is 0 Å². The molecule has 0 unspecified atom stereocenters. The van der Waals surface area contributed by atoms with Gasteiger partial charge in [0.1, 0.15) is 5.82 Å². The number of benzene rings is 2. The van der Waals surface area contributed by atoms with Crippen LogP contribution in [0.15, 0.2) is 48.7 Å². The first-order chi connectivity index (χ1) is 20.8. The zero-order chi connectivity index (χ0) is 32.1. The molecule has 9 nitrogen and oxygen atoms in total. The number of hydrogen-bond acceptors (Lipinski definition) is 7. The van der Waals surface area contributed by atoms with E-state index in [1.54, 1.807) is 12.3 Å². The number of carbonyl (C=O) groups is 1. The monoisotopic (exact) mass is 638 g/mol. The molecule has 240 valence electrons. The Hall–Kier alpha value is -3.46. The first-order valence-electron chi connectivity index (χ1n) is 14.4. The number of Topliss-reactive ketones (excluding diaryl/α,β-unsaturated/α-hetero) is 1. The summed E-state index contributed by atoms with van der Waals surface area (Å²) < 4.78 is 79.6. The summed E-state index contributed by atoms with van der Waals surface area (Å²) in [4.78, 5) is 18.0. The highest BCUT2D eigenvalue weighted by molar-refractivity contribution is 7.88. The fourth-order valence-electron chi connectivity index (χ4n) is 5.43. The van der Waals surface area contributed by atoms with Crippen LogP contribution in [-0.2, 0) is 22.0 Å². The highest BCUT2D eigenvalue weighted by atomic mass is 32.2. The average Bonchev–Trinajstić information content (AvgIpc) is 3.32. The Kier molecular flexibility index (Phi) is 10.7. The third kappa shape index (κ3) is 8.80. The van der Waals surface area contributed by atoms with Gasteiger partial charge in [0.05, 0.1) is 22.7 Å². The van der Waals surface area contributed by atoms with Gasteiger partial charge in [-0.05, 0) is 74.2 Å². The van der Waals surface area contributed by atoms with Crippen LogP contribution in [0.4, 0.5) is 17.6 Å². The Labute approximate surface area is 254 Å². The second kappa shape index (κ2) is 14.1. The largest absolute Gasteiger partial charge is 0.416 e. The molecule has 2 heterocycles. The Morgan fingerprint density at radius 3 is 2.48 bits per heavy atom. The van der Waals surface area contributed by atoms with Crippen LogP contribution in [-0.4, -0.2) is 61.8 Å². The number of hydrazine groups is 1. The molecule has 0 bridgehead atoms. The molecule has 0 saturated carbocycles. The molecule has 1 saturated heterocycles. The topological polar surface area (TPSA) is 138 Å². The van der Waals surface area contributed by atoms with E-state index in [9.17, 15) is 30.8 Å². The van der Waals surface area contributed by atoms with E-state index < -0.39 is 33.3 Å². The van der Waals surface area contributed by atoms with Crippen molar-refractivity contribution in [2.24, 2.45) is 17.5 Å². The molecule has 14 heteroatoms. The molecular weight excluding hydrogens is 600 g/mol. The number of H-pyrrole nitrogens is 1. The van der Waals surface area contributed by atoms with Crippen molar-refractivity contribution < 1.29 is 30.8 Å². The standard InChI is InChI=1S/C30H38F4N6O3S/c1-2-3-27(41)29-28(24-16-23(31)8-9-26(24)38-29)25(35)18-40(36)17-20-10-13-39(14-11-20)15-12-37-44(42,43)19-21-4-6-22(7-5-21)30(32,33)34/h4-9,16,18,20,37-38H,2-3,10-15,17,19,35-36H2,1H3/b25-18-. The van der Waals surface area contributed by atoms with E-state index in [-0.39, 0.29) is 29.5 Å². The molecule has 0 aliphatic carbocycles. The summed E-state index contributed by atoms with van der Waals surface area (Å²) >= 11 is 0. The zero-order valence-corrected chi connectivity index (χ0v) is 25.3. The van der Waals surface area contributed by atoms with Crippen molar-refractivity contribution in [3.05, 3.63) is 76.9 Å². The van der Waals surface area contributed by atoms with Gasteiger partial charge >= 0.3 is 6.18 Å². The third-order valence-electron chi connectivity index (χ3n) is 7.67. The molecule has 1 aromatic heterocycles. The summed E-state index contributed by atoms with van der Waals surface area (Å²) in [6, 6.07) is 8.31. The zero-order valence-electron chi connectivity index (χ0n) is 24.5. The fourth-order valence-corrected chi connectivity index (χ4v) is 6.57. The van der Waals surface area contributed by atoms with Crippen LogP contribution in [0.25, 0.3) is 16.6 Å². The molecule has 3 aromatic rings. The van der Waals surface area contributed by atoms with E-state index in [0.29, 0.717) is 48.1 Å². The van der Waals surface area contributed by atoms with Crippen molar-refractivity contribution in [3.63, 3.8) is 0 Å². The van der Waals surface area contributed by atoms with Gasteiger partial charge in [0, 0.05) is 48.7 Å². The SMILES string of the molecule is CCCC(=O)c1[nH]c2ccc(F)cc2c1/C(N)=C/N(N)CC1CCN(CCNS(=O)(=O)Cc2ccc(C(F)(F)F)cc2)CC1. The van der Waals surface area contributed by atoms with E-state index in [2.05, 4.69) is 14.6 Å². The van der Waals surface area contributed by atoms with E-state index in [1.165, 1.54) is 29.3 Å². The molecule has 1 aliphatic rings. The molecule has 0 radical (unpaired) electrons. The Bertz CT molecular complexity index is 1580. The van der Waals surface area contributed by atoms with Gasteiger partial charge in [-0.1, -0.05) is 19.1 Å². The molecule has 44 heavy (non-hydrogen) atoms. The molecule has 6 N–H and O–H groups in total. The molecule has 1 fully saturated rings. The Morgan fingerprint density at radius 2 is 1.84 bits per heavy atom. The summed E-state index contributed by atoms with van der Waals surface area (Å²) in [6.45, 7) is 4.54. The lowest BCUT2D eigenvalue weighted by molar-refractivity contribution is -0.137. The minimum absolute atomic E-state index is 0.117. The fraction of sp³-hybridized carbons (Fsp3) is 0.433. The molecule has 0 amide bonds. The first kappa shape index (κ1) is 33.4. The number of alkyl halides is 3. The van der Waals surface area contributed by atoms with Gasteiger partial charge < -0.3 is 20.6 Å². The van der Waals surface area contributed by atoms with E-state index in [4.69, 9.17) is 11.6 Å². The lowest BCUT2D eigenvalue weighted by Gasteiger charge is -2.33. The lowest BCUT2D eigenvalue weighted by Crippen LogP contribution is -2.42. The van der Waals surface area contributed by atoms with Crippen LogP contribution >= 0.6 is 0 Å². The second-order valence-corrected chi connectivity index (χ2v) is 13.0. The molecule has 2 aromatic carbocycles. The number of sulfonamides is 1. The molecule has 1 aliphatic heterocycles. The number of carbonyl (C=O) groups excluding carboxylic acids is 1. The summed E-state index contributed by atoms with van der Waals surface area (Å²) in [7, 11) is -3.71. The van der Waals surface area contributed by atoms with Gasteiger partial charge in [-0.25, -0.2) is 23.4 Å². The first-order valence-corrected chi connectivity index (χ1v) is 16.1. The van der Waals surface area contributed by atoms with Crippen LogP contribution in [0.1, 0.15) is 59.8 Å². The number of halogens is 4. The number of hydrogen-bond donors (Lipinski definition) is 4. The van der Waals surface area contributed by atoms with Crippen molar-refractivity contribution in [2.75, 3.05) is 32.7 Å². The van der Waals surface area contributed by atoms with Crippen molar-refractivity contribution in [2.45, 2.75) is 44.5 Å². The number of likely N-dealkylation sites (tertiary alicyclic amines) is 1. The van der Waals surface area contributed by atoms with Crippen LogP contribution in [0.5, 0.6) is 0 Å². The summed E-state index contributed by atoms with van der Waals surface area (Å²) in [5.74, 6) is 5.57. The van der Waals surface area contributed by atoms with Gasteiger partial charge in [0.25, 0.3) is 0 Å². The van der Waals surface area contributed by atoms with Gasteiger partial charge in [-0.15, -0.1) is 0 Å². The molecule has 4 rings (SSSR count). The number of rotatable bonds is 13. The number of nitrogens with one attached hydrogen (secondary N) is 2. The molecular formula is C30H38F4N6O3S. The van der Waals surface area contributed by atoms with Gasteiger partial charge in [-0.3, -0.25) is 4.79 Å². The van der Waals surface area contributed by atoms with Crippen LogP contribution in [0.2, 0.25) is 0 Å². The normalized spacial score (nSPS) is 15.6. The number of piperidine rings is 1. The number of nitrogens with zero attached hydrogens (tertiary/aromatic N) is 2. The van der Waals surface area contributed by atoms with Gasteiger partial charge in [0.15, 0.2) is 5.78 Å². The number of aromatic nitrogens is 1. The summed E-state index contributed by atoms with van der Waals surface area (Å²) in [6.07, 6.45) is -0.303. The smallest absolute Gasteiger partial charge is 0.397 e. The predicted molar refractivity (Wildman–Crippen MR) is 162 cm³/mol. The summed E-state index contributed by atoms with van der Waals surface area (Å²) in [5.41, 5.74) is 7.49. The maximum atomic E-state index is 14.0. The van der Waals surface area contributed by atoms with E-state index in [0.717, 1.165) is 38.1 Å². The van der Waals surface area contributed by atoms with Crippen LogP contribution in [0, 0.1) is 11.7 Å². The lowest BCUT2D eigenvalue weighted by atomic mass is 9.96. The predicted octanol–water partition coefficient (Wildman–Crippen LogP) is 4.57. The van der Waals surface area contributed by atoms with Crippen LogP contribution < -0.4 is 16.3 Å². The minimum Gasteiger partial charge on any atom is -0.397 e. The number of fused-ring (bicyclic) bond motifs is 1. The Balaban J connectivity index is 1.26. The highest BCUT2D eigenvalue weighted by Gasteiger charge is 2.30.